The molecule has 36 valence electrons. The van der Waals surface area contributed by atoms with Gasteiger partial charge in [0.15, 0.2) is 0 Å². The minimum atomic E-state index is 0.0910. The van der Waals surface area contributed by atoms with Gasteiger partial charge in [0.25, 0.3) is 0 Å². The zero-order chi connectivity index (χ0) is 5.21. The van der Waals surface area contributed by atoms with Crippen molar-refractivity contribution in [2.75, 3.05) is 0 Å². The molecule has 0 spiro atoms. The average molecular weight is 282 g/mol. The molecule has 0 unspecified atom stereocenters. The van der Waals surface area contributed by atoms with E-state index < -0.39 is 0 Å². The van der Waals surface area contributed by atoms with Crippen LogP contribution in [0.4, 0.5) is 0 Å². The Hall–Kier alpha value is 0.843. The molecule has 6 heavy (non-hydrogen) atoms. The molecule has 0 bridgehead atoms. The Morgan fingerprint density at radius 3 is 1.50 bits per heavy atom. The summed E-state index contributed by atoms with van der Waals surface area (Å²) in [5, 5.41) is 0. The van der Waals surface area contributed by atoms with Crippen molar-refractivity contribution in [3.05, 3.63) is 0 Å². The summed E-state index contributed by atoms with van der Waals surface area (Å²) in [5.74, 6) is 0. The predicted molar refractivity (Wildman–Crippen MR) is 26.6 cm³/mol. The van der Waals surface area contributed by atoms with Crippen molar-refractivity contribution < 1.29 is 2.81 Å². The van der Waals surface area contributed by atoms with E-state index in [2.05, 4.69) is 0 Å². The molecular formula is C4H9BiO. The second kappa shape index (κ2) is 2.23. The number of rotatable bonds is 0. The fourth-order valence-corrected chi connectivity index (χ4v) is 0. The van der Waals surface area contributed by atoms with E-state index in [1.165, 1.54) is 0 Å². The first kappa shape index (κ1) is 6.84. The first-order valence-electron chi connectivity index (χ1n) is 1.89. The molecule has 0 aromatic carbocycles. The van der Waals surface area contributed by atoms with Gasteiger partial charge in [-0.1, -0.05) is 0 Å². The third-order valence-electron chi connectivity index (χ3n) is 0.274. The molecule has 0 aromatic rings. The van der Waals surface area contributed by atoms with Crippen LogP contribution >= 0.6 is 0 Å². The van der Waals surface area contributed by atoms with E-state index >= 15 is 0 Å². The molecule has 0 saturated heterocycles. The van der Waals surface area contributed by atoms with Crippen LogP contribution in [0.3, 0.4) is 0 Å². The summed E-state index contributed by atoms with van der Waals surface area (Å²) in [7, 11) is 0. The van der Waals surface area contributed by atoms with Gasteiger partial charge in [0, 0.05) is 0 Å². The summed E-state index contributed by atoms with van der Waals surface area (Å²) in [4.78, 5) is 0. The van der Waals surface area contributed by atoms with Gasteiger partial charge >= 0.3 is 54.3 Å². The molecular weight excluding hydrogens is 273 g/mol. The van der Waals surface area contributed by atoms with E-state index in [9.17, 15) is 0 Å². The SMILES string of the molecule is CC(C)(C)[O][Bi]. The topological polar surface area (TPSA) is 9.23 Å². The molecule has 0 saturated carbocycles. The van der Waals surface area contributed by atoms with Crippen LogP contribution in [0.2, 0.25) is 0 Å². The molecule has 0 fully saturated rings. The van der Waals surface area contributed by atoms with Crippen LogP contribution in [0.5, 0.6) is 0 Å². The fourth-order valence-electron chi connectivity index (χ4n) is 0. The molecule has 0 rings (SSSR count). The van der Waals surface area contributed by atoms with Crippen LogP contribution in [-0.2, 0) is 2.81 Å². The standard InChI is InChI=1S/C4H9O.Bi/c1-4(2,3)5;/h1-3H3;/q-1;+1. The van der Waals surface area contributed by atoms with Gasteiger partial charge in [-0.2, -0.15) is 0 Å². The van der Waals surface area contributed by atoms with Gasteiger partial charge in [-0.3, -0.25) is 0 Å². The maximum absolute atomic E-state index is 5.05. The van der Waals surface area contributed by atoms with Crippen molar-refractivity contribution >= 4 is 25.2 Å². The van der Waals surface area contributed by atoms with E-state index in [-0.39, 0.29) is 5.60 Å². The molecule has 0 aliphatic heterocycles. The van der Waals surface area contributed by atoms with Crippen molar-refractivity contribution in [2.45, 2.75) is 26.4 Å². The average Bonchev–Trinajstić information content (AvgIpc) is 1.35. The molecule has 0 aliphatic carbocycles. The number of hydrogen-bond acceptors (Lipinski definition) is 1. The fraction of sp³-hybridized carbons (Fsp3) is 1.00. The summed E-state index contributed by atoms with van der Waals surface area (Å²) in [6.45, 7) is 6.15. The Labute approximate surface area is 54.5 Å². The molecule has 2 radical (unpaired) electrons. The Balaban J connectivity index is 3.17. The molecule has 0 atom stereocenters. The Morgan fingerprint density at radius 1 is 1.33 bits per heavy atom. The third kappa shape index (κ3) is 4.84. The Kier molecular flexibility index (Phi) is 2.54. The summed E-state index contributed by atoms with van der Waals surface area (Å²) in [6.07, 6.45) is 0. The van der Waals surface area contributed by atoms with Gasteiger partial charge in [0.05, 0.1) is 0 Å². The van der Waals surface area contributed by atoms with Crippen molar-refractivity contribution in [1.29, 1.82) is 0 Å². The normalized spacial score (nSPS) is 12.0. The zero-order valence-corrected chi connectivity index (χ0v) is 7.83. The van der Waals surface area contributed by atoms with Crippen LogP contribution in [0.25, 0.3) is 0 Å². The molecule has 1 nitrogen and oxygen atoms in total. The van der Waals surface area contributed by atoms with Gasteiger partial charge in [0.1, 0.15) is 0 Å². The quantitative estimate of drug-likeness (QED) is 0.599. The van der Waals surface area contributed by atoms with Crippen molar-refractivity contribution in [3.63, 3.8) is 0 Å². The van der Waals surface area contributed by atoms with Gasteiger partial charge in [-0.15, -0.1) is 0 Å². The predicted octanol–water partition coefficient (Wildman–Crippen LogP) is 0.885. The van der Waals surface area contributed by atoms with E-state index in [1.807, 2.05) is 20.8 Å². The van der Waals surface area contributed by atoms with Crippen LogP contribution in [0.15, 0.2) is 0 Å². The molecule has 0 heterocycles. The molecule has 0 aliphatic rings. The second-order valence-electron chi connectivity index (χ2n) is 2.20. The second-order valence-corrected chi connectivity index (χ2v) is 2.91. The monoisotopic (exact) mass is 282 g/mol. The van der Waals surface area contributed by atoms with Crippen molar-refractivity contribution in [2.24, 2.45) is 0 Å². The van der Waals surface area contributed by atoms with E-state index in [0.29, 0.717) is 0 Å². The Morgan fingerprint density at radius 2 is 1.50 bits per heavy atom. The van der Waals surface area contributed by atoms with E-state index in [1.54, 1.807) is 0 Å². The van der Waals surface area contributed by atoms with Gasteiger partial charge in [-0.25, -0.2) is 0 Å². The minimum absolute atomic E-state index is 0.0910. The van der Waals surface area contributed by atoms with Crippen molar-refractivity contribution in [1.82, 2.24) is 0 Å². The van der Waals surface area contributed by atoms with Crippen molar-refractivity contribution in [3.8, 4) is 0 Å². The van der Waals surface area contributed by atoms with E-state index in [0.717, 1.165) is 25.2 Å². The molecule has 0 N–H and O–H groups in total. The summed E-state index contributed by atoms with van der Waals surface area (Å²) < 4.78 is 5.05. The maximum atomic E-state index is 5.05. The Bertz CT molecular complexity index is 37.3. The summed E-state index contributed by atoms with van der Waals surface area (Å²) in [6, 6.07) is 0. The van der Waals surface area contributed by atoms with Gasteiger partial charge < -0.3 is 0 Å². The summed E-state index contributed by atoms with van der Waals surface area (Å²) in [5.41, 5.74) is 0.0910. The van der Waals surface area contributed by atoms with Crippen LogP contribution in [0.1, 0.15) is 20.8 Å². The van der Waals surface area contributed by atoms with Gasteiger partial charge in [-0.05, 0) is 0 Å². The first-order chi connectivity index (χ1) is 2.56. The third-order valence-corrected chi connectivity index (χ3v) is 2.40. The molecule has 0 aromatic heterocycles. The van der Waals surface area contributed by atoms with Gasteiger partial charge in [0.2, 0.25) is 0 Å². The van der Waals surface area contributed by atoms with E-state index in [4.69, 9.17) is 2.81 Å². The van der Waals surface area contributed by atoms with Crippen LogP contribution in [-0.4, -0.2) is 30.8 Å². The van der Waals surface area contributed by atoms with Crippen LogP contribution in [0, 0.1) is 0 Å². The first-order valence-corrected chi connectivity index (χ1v) is 3.31. The van der Waals surface area contributed by atoms with Crippen LogP contribution < -0.4 is 0 Å². The summed E-state index contributed by atoms with van der Waals surface area (Å²) >= 11 is 1.02. The number of hydrogen-bond donors (Lipinski definition) is 0. The molecule has 0 amide bonds. The molecule has 2 heteroatoms. The zero-order valence-electron chi connectivity index (χ0n) is 4.36.